The normalized spacial score (nSPS) is 14.7. The van der Waals surface area contributed by atoms with Gasteiger partial charge in [0, 0.05) is 23.9 Å². The highest BCUT2D eigenvalue weighted by atomic mass is 32.1. The van der Waals surface area contributed by atoms with Gasteiger partial charge in [0.2, 0.25) is 5.91 Å². The molecule has 0 radical (unpaired) electrons. The Hall–Kier alpha value is -1.96. The number of benzene rings is 1. The van der Waals surface area contributed by atoms with Gasteiger partial charge < -0.3 is 5.32 Å². The minimum absolute atomic E-state index is 0.0417. The Kier molecular flexibility index (Phi) is 5.66. The highest BCUT2D eigenvalue weighted by Gasteiger charge is 2.29. The van der Waals surface area contributed by atoms with Crippen LogP contribution in [0.3, 0.4) is 0 Å². The van der Waals surface area contributed by atoms with Crippen molar-refractivity contribution in [3.63, 3.8) is 0 Å². The highest BCUT2D eigenvalue weighted by Crippen LogP contribution is 2.46. The number of carbonyl (C=O) groups is 1. The molecule has 0 saturated carbocycles. The highest BCUT2D eigenvalue weighted by molar-refractivity contribution is 7.22. The SMILES string of the molecule is CCC(=O)NN(c1sc2c(c1-c1nc3ccccc3s1)CCNC2)[C@@H](C)CC. The lowest BCUT2D eigenvalue weighted by Gasteiger charge is -2.30. The van der Waals surface area contributed by atoms with Crippen LogP contribution in [0, 0.1) is 0 Å². The Labute approximate surface area is 173 Å². The maximum Gasteiger partial charge on any atom is 0.238 e. The fourth-order valence-corrected chi connectivity index (χ4v) is 5.93. The summed E-state index contributed by atoms with van der Waals surface area (Å²) in [6.45, 7) is 8.07. The van der Waals surface area contributed by atoms with Crippen molar-refractivity contribution in [1.29, 1.82) is 0 Å². The molecule has 4 rings (SSSR count). The number of nitrogens with zero attached hydrogens (tertiary/aromatic N) is 2. The molecule has 1 amide bonds. The number of para-hydroxylation sites is 1. The molecule has 0 fully saturated rings. The van der Waals surface area contributed by atoms with Crippen molar-refractivity contribution in [3.8, 4) is 10.6 Å². The molecule has 148 valence electrons. The molecule has 5 nitrogen and oxygen atoms in total. The van der Waals surface area contributed by atoms with E-state index in [2.05, 4.69) is 47.8 Å². The quantitative estimate of drug-likeness (QED) is 0.573. The van der Waals surface area contributed by atoms with Crippen LogP contribution >= 0.6 is 22.7 Å². The minimum atomic E-state index is 0.0417. The third-order valence-electron chi connectivity index (χ3n) is 5.23. The lowest BCUT2D eigenvalue weighted by atomic mass is 10.0. The largest absolute Gasteiger partial charge is 0.312 e. The molecule has 3 heterocycles. The fraction of sp³-hybridized carbons (Fsp3) is 0.429. The molecule has 0 saturated heterocycles. The van der Waals surface area contributed by atoms with Gasteiger partial charge in [-0.1, -0.05) is 26.0 Å². The van der Waals surface area contributed by atoms with Gasteiger partial charge in [0.05, 0.1) is 15.8 Å². The maximum atomic E-state index is 12.3. The number of rotatable bonds is 6. The number of thiazole rings is 1. The van der Waals surface area contributed by atoms with Crippen LogP contribution in [-0.4, -0.2) is 23.5 Å². The first-order chi connectivity index (χ1) is 13.6. The molecule has 0 bridgehead atoms. The van der Waals surface area contributed by atoms with E-state index in [1.54, 1.807) is 22.7 Å². The Morgan fingerprint density at radius 3 is 2.89 bits per heavy atom. The van der Waals surface area contributed by atoms with E-state index in [0.29, 0.717) is 6.42 Å². The van der Waals surface area contributed by atoms with Gasteiger partial charge in [-0.05, 0) is 44.0 Å². The number of anilines is 1. The van der Waals surface area contributed by atoms with Crippen molar-refractivity contribution in [3.05, 3.63) is 34.7 Å². The van der Waals surface area contributed by atoms with E-state index in [-0.39, 0.29) is 11.9 Å². The van der Waals surface area contributed by atoms with Crippen LogP contribution in [0.5, 0.6) is 0 Å². The van der Waals surface area contributed by atoms with E-state index < -0.39 is 0 Å². The Morgan fingerprint density at radius 2 is 2.14 bits per heavy atom. The summed E-state index contributed by atoms with van der Waals surface area (Å²) in [6, 6.07) is 8.50. The summed E-state index contributed by atoms with van der Waals surface area (Å²) in [5.41, 5.74) is 6.78. The minimum Gasteiger partial charge on any atom is -0.312 e. The molecule has 1 aliphatic heterocycles. The van der Waals surface area contributed by atoms with Crippen molar-refractivity contribution >= 4 is 43.8 Å². The number of nitrogens with one attached hydrogen (secondary N) is 2. The van der Waals surface area contributed by atoms with E-state index in [1.807, 2.05) is 13.0 Å². The molecule has 1 aliphatic rings. The second-order valence-corrected chi connectivity index (χ2v) is 9.23. The zero-order valence-corrected chi connectivity index (χ0v) is 18.2. The zero-order chi connectivity index (χ0) is 19.7. The molecule has 1 aromatic carbocycles. The fourth-order valence-electron chi connectivity index (χ4n) is 3.45. The number of hydrazine groups is 1. The summed E-state index contributed by atoms with van der Waals surface area (Å²) in [6.07, 6.45) is 2.41. The molecule has 0 spiro atoms. The van der Waals surface area contributed by atoms with Gasteiger partial charge in [-0.3, -0.25) is 15.2 Å². The van der Waals surface area contributed by atoms with E-state index in [4.69, 9.17) is 4.98 Å². The smallest absolute Gasteiger partial charge is 0.238 e. The summed E-state index contributed by atoms with van der Waals surface area (Å²) < 4.78 is 1.20. The van der Waals surface area contributed by atoms with E-state index in [9.17, 15) is 4.79 Å². The van der Waals surface area contributed by atoms with Crippen LogP contribution in [0.2, 0.25) is 0 Å². The molecule has 0 unspecified atom stereocenters. The number of hydrogen-bond donors (Lipinski definition) is 2. The lowest BCUT2D eigenvalue weighted by molar-refractivity contribution is -0.121. The van der Waals surface area contributed by atoms with E-state index in [1.165, 1.54) is 20.7 Å². The molecule has 7 heteroatoms. The summed E-state index contributed by atoms with van der Waals surface area (Å²) in [5.74, 6) is 0.0417. The van der Waals surface area contributed by atoms with Crippen LogP contribution in [0.4, 0.5) is 5.00 Å². The first-order valence-electron chi connectivity index (χ1n) is 9.92. The van der Waals surface area contributed by atoms with E-state index >= 15 is 0 Å². The number of amides is 1. The van der Waals surface area contributed by atoms with Gasteiger partial charge >= 0.3 is 0 Å². The lowest BCUT2D eigenvalue weighted by Crippen LogP contribution is -2.47. The first-order valence-corrected chi connectivity index (χ1v) is 11.6. The zero-order valence-electron chi connectivity index (χ0n) is 16.5. The average molecular weight is 415 g/mol. The van der Waals surface area contributed by atoms with Gasteiger partial charge in [-0.2, -0.15) is 0 Å². The summed E-state index contributed by atoms with van der Waals surface area (Å²) in [5, 5.41) is 7.73. The number of hydrogen-bond acceptors (Lipinski definition) is 6. The van der Waals surface area contributed by atoms with Gasteiger partial charge in [0.1, 0.15) is 10.0 Å². The average Bonchev–Trinajstić information content (AvgIpc) is 3.31. The van der Waals surface area contributed by atoms with Crippen LogP contribution < -0.4 is 15.8 Å². The second-order valence-electron chi connectivity index (χ2n) is 7.11. The van der Waals surface area contributed by atoms with Gasteiger partial charge in [0.15, 0.2) is 0 Å². The molecular formula is C21H26N4OS2. The number of thiophene rings is 1. The number of aromatic nitrogens is 1. The first kappa shape index (κ1) is 19.4. The van der Waals surface area contributed by atoms with Gasteiger partial charge in [-0.15, -0.1) is 22.7 Å². The van der Waals surface area contributed by atoms with Crippen LogP contribution in [-0.2, 0) is 17.8 Å². The molecule has 0 aliphatic carbocycles. The van der Waals surface area contributed by atoms with E-state index in [0.717, 1.165) is 41.5 Å². The molecule has 2 aromatic heterocycles. The summed E-state index contributed by atoms with van der Waals surface area (Å²) >= 11 is 3.53. The summed E-state index contributed by atoms with van der Waals surface area (Å²) in [4.78, 5) is 18.6. The molecule has 28 heavy (non-hydrogen) atoms. The van der Waals surface area contributed by atoms with Gasteiger partial charge in [0.25, 0.3) is 0 Å². The van der Waals surface area contributed by atoms with Crippen molar-refractivity contribution in [2.75, 3.05) is 11.6 Å². The molecular weight excluding hydrogens is 388 g/mol. The molecule has 2 N–H and O–H groups in total. The second kappa shape index (κ2) is 8.19. The van der Waals surface area contributed by atoms with Crippen LogP contribution in [0.25, 0.3) is 20.8 Å². The van der Waals surface area contributed by atoms with Crippen LogP contribution in [0.15, 0.2) is 24.3 Å². The van der Waals surface area contributed by atoms with Gasteiger partial charge in [-0.25, -0.2) is 4.98 Å². The monoisotopic (exact) mass is 414 g/mol. The third-order valence-corrected chi connectivity index (χ3v) is 7.52. The number of fused-ring (bicyclic) bond motifs is 2. The van der Waals surface area contributed by atoms with Crippen molar-refractivity contribution in [2.45, 2.75) is 52.6 Å². The van der Waals surface area contributed by atoms with Crippen LogP contribution in [0.1, 0.15) is 44.1 Å². The summed E-state index contributed by atoms with van der Waals surface area (Å²) in [7, 11) is 0. The van der Waals surface area contributed by atoms with Crippen molar-refractivity contribution in [1.82, 2.24) is 15.7 Å². The number of carbonyl (C=O) groups excluding carboxylic acids is 1. The third kappa shape index (κ3) is 3.54. The topological polar surface area (TPSA) is 57.3 Å². The Bertz CT molecular complexity index is 961. The standard InChI is InChI=1S/C21H26N4OS2/c1-4-13(3)25(24-18(26)5-2)21-19(14-10-11-22-12-17(14)28-21)20-23-15-8-6-7-9-16(15)27-20/h6-9,13,22H,4-5,10-12H2,1-3H3,(H,24,26)/t13-/m0/s1. The molecule has 1 atom stereocenters. The molecule has 3 aromatic rings. The Morgan fingerprint density at radius 1 is 1.32 bits per heavy atom. The van der Waals surface area contributed by atoms with Crippen molar-refractivity contribution < 1.29 is 4.79 Å². The Balaban J connectivity index is 1.88. The maximum absolute atomic E-state index is 12.3. The predicted molar refractivity (Wildman–Crippen MR) is 119 cm³/mol. The predicted octanol–water partition coefficient (Wildman–Crippen LogP) is 4.72. The van der Waals surface area contributed by atoms with Crippen molar-refractivity contribution in [2.24, 2.45) is 0 Å².